The molecule has 9 heteroatoms. The fourth-order valence-corrected chi connectivity index (χ4v) is 4.99. The largest absolute Gasteiger partial charge is 0.322 e. The molecule has 166 valence electrons. The molecule has 1 saturated heterocycles. The molecule has 0 bridgehead atoms. The molecular weight excluding hydrogens is 438 g/mol. The maximum absolute atomic E-state index is 13.0. The summed E-state index contributed by atoms with van der Waals surface area (Å²) in [7, 11) is 0. The number of urea groups is 1. The second-order valence-electron chi connectivity index (χ2n) is 8.13. The quantitative estimate of drug-likeness (QED) is 0.395. The molecule has 8 nitrogen and oxygen atoms in total. The second-order valence-corrected chi connectivity index (χ2v) is 9.16. The molecule has 1 unspecified atom stereocenters. The average molecular weight is 460 g/mol. The molecule has 0 aliphatic carbocycles. The maximum Gasteiger partial charge on any atom is 0.322 e. The molecule has 2 aromatic heterocycles. The van der Waals surface area contributed by atoms with Gasteiger partial charge in [-0.1, -0.05) is 42.5 Å². The number of aryl methyl sites for hydroxylation is 1. The number of benzene rings is 2. The van der Waals surface area contributed by atoms with Crippen molar-refractivity contribution in [1.29, 1.82) is 0 Å². The predicted octanol–water partition coefficient (Wildman–Crippen LogP) is 3.76. The molecule has 4 aromatic rings. The summed E-state index contributed by atoms with van der Waals surface area (Å²) in [5, 5.41) is 13.4. The van der Waals surface area contributed by atoms with Gasteiger partial charge in [0.1, 0.15) is 10.4 Å². The van der Waals surface area contributed by atoms with E-state index in [9.17, 15) is 14.4 Å². The van der Waals surface area contributed by atoms with Gasteiger partial charge in [0.2, 0.25) is 0 Å². The van der Waals surface area contributed by atoms with Crippen LogP contribution in [0.2, 0.25) is 0 Å². The van der Waals surface area contributed by atoms with E-state index in [1.807, 2.05) is 48.0 Å². The summed E-state index contributed by atoms with van der Waals surface area (Å²) in [4.78, 5) is 38.4. The highest BCUT2D eigenvalue weighted by atomic mass is 32.1. The summed E-state index contributed by atoms with van der Waals surface area (Å²) >= 11 is 1.39. The fraction of sp³-hybridized carbons (Fsp3) is 0.167. The number of carbonyl (C=O) groups excluding carboxylic acids is 3. The van der Waals surface area contributed by atoms with Crippen LogP contribution in [0, 0.1) is 6.92 Å². The summed E-state index contributed by atoms with van der Waals surface area (Å²) in [6.45, 7) is 4.19. The van der Waals surface area contributed by atoms with E-state index in [0.29, 0.717) is 22.7 Å². The molecule has 2 aromatic carbocycles. The number of aromatic nitrogens is 2. The van der Waals surface area contributed by atoms with Crippen molar-refractivity contribution in [2.45, 2.75) is 25.9 Å². The first-order chi connectivity index (χ1) is 15.8. The van der Waals surface area contributed by atoms with Gasteiger partial charge in [-0.25, -0.2) is 4.79 Å². The summed E-state index contributed by atoms with van der Waals surface area (Å²) in [6.07, 6.45) is 0. The summed E-state index contributed by atoms with van der Waals surface area (Å²) in [6, 6.07) is 18.3. The normalized spacial score (nSPS) is 17.8. The third-order valence-corrected chi connectivity index (χ3v) is 6.90. The van der Waals surface area contributed by atoms with Crippen LogP contribution < -0.4 is 16.0 Å². The lowest BCUT2D eigenvalue weighted by molar-refractivity contribution is -0.123. The molecule has 0 radical (unpaired) electrons. The highest BCUT2D eigenvalue weighted by Gasteiger charge is 2.43. The first-order valence-electron chi connectivity index (χ1n) is 10.4. The molecule has 0 saturated carbocycles. The van der Waals surface area contributed by atoms with Crippen LogP contribution in [0.25, 0.3) is 10.2 Å². The molecule has 33 heavy (non-hydrogen) atoms. The first-order valence-corrected chi connectivity index (χ1v) is 11.2. The molecule has 4 amide bonds. The Morgan fingerprint density at radius 1 is 1.12 bits per heavy atom. The van der Waals surface area contributed by atoms with Crippen LogP contribution in [0.3, 0.4) is 0 Å². The van der Waals surface area contributed by atoms with Gasteiger partial charge in [-0.15, -0.1) is 11.3 Å². The van der Waals surface area contributed by atoms with E-state index in [-0.39, 0.29) is 5.91 Å². The Morgan fingerprint density at radius 2 is 1.91 bits per heavy atom. The summed E-state index contributed by atoms with van der Waals surface area (Å²) in [5.74, 6) is -0.678. The monoisotopic (exact) mass is 459 g/mol. The molecule has 1 aliphatic rings. The van der Waals surface area contributed by atoms with Crippen molar-refractivity contribution in [2.75, 3.05) is 5.32 Å². The standard InChI is InChI=1S/C24H21N5O3S/c1-14-18-12-19(33-21(18)29(28-14)13-15-7-4-3-5-8-15)20(30)25-17-10-6-9-16(11-17)24(2)22(31)26-23(32)27-24/h3-12H,13H2,1-2H3,(H,25,30)(H2,26,27,31,32). The van der Waals surface area contributed by atoms with E-state index in [0.717, 1.165) is 21.5 Å². The van der Waals surface area contributed by atoms with E-state index in [1.54, 1.807) is 31.2 Å². The Balaban J connectivity index is 1.39. The van der Waals surface area contributed by atoms with Crippen LogP contribution in [0.4, 0.5) is 10.5 Å². The van der Waals surface area contributed by atoms with Crippen LogP contribution in [-0.2, 0) is 16.9 Å². The number of carbonyl (C=O) groups is 3. The Morgan fingerprint density at radius 3 is 2.64 bits per heavy atom. The smallest absolute Gasteiger partial charge is 0.321 e. The average Bonchev–Trinajstić information content (AvgIpc) is 3.43. The lowest BCUT2D eigenvalue weighted by Gasteiger charge is -2.21. The predicted molar refractivity (Wildman–Crippen MR) is 126 cm³/mol. The zero-order chi connectivity index (χ0) is 23.2. The number of fused-ring (bicyclic) bond motifs is 1. The van der Waals surface area contributed by atoms with Gasteiger partial charge in [0.15, 0.2) is 0 Å². The Bertz CT molecular complexity index is 1410. The molecule has 0 spiro atoms. The van der Waals surface area contributed by atoms with E-state index < -0.39 is 17.5 Å². The van der Waals surface area contributed by atoms with Gasteiger partial charge in [0.25, 0.3) is 11.8 Å². The molecule has 3 N–H and O–H groups in total. The second kappa shape index (κ2) is 7.86. The minimum absolute atomic E-state index is 0.246. The van der Waals surface area contributed by atoms with Crippen molar-refractivity contribution in [1.82, 2.24) is 20.4 Å². The number of thiophene rings is 1. The first kappa shape index (κ1) is 20.9. The number of nitrogens with zero attached hydrogens (tertiary/aromatic N) is 2. The van der Waals surface area contributed by atoms with Crippen LogP contribution >= 0.6 is 11.3 Å². The third kappa shape index (κ3) is 3.76. The van der Waals surface area contributed by atoms with Gasteiger partial charge in [-0.3, -0.25) is 19.6 Å². The van der Waals surface area contributed by atoms with Crippen molar-refractivity contribution >= 4 is 45.1 Å². The van der Waals surface area contributed by atoms with Crippen molar-refractivity contribution < 1.29 is 14.4 Å². The summed E-state index contributed by atoms with van der Waals surface area (Å²) < 4.78 is 1.92. The van der Waals surface area contributed by atoms with E-state index in [1.165, 1.54) is 11.3 Å². The van der Waals surface area contributed by atoms with Crippen molar-refractivity contribution in [3.8, 4) is 0 Å². The van der Waals surface area contributed by atoms with Crippen LogP contribution in [0.1, 0.15) is 33.4 Å². The van der Waals surface area contributed by atoms with E-state index in [2.05, 4.69) is 21.0 Å². The van der Waals surface area contributed by atoms with Gasteiger partial charge < -0.3 is 10.6 Å². The highest BCUT2D eigenvalue weighted by Crippen LogP contribution is 2.30. The number of imide groups is 1. The van der Waals surface area contributed by atoms with Crippen LogP contribution in [0.5, 0.6) is 0 Å². The zero-order valence-corrected chi connectivity index (χ0v) is 18.8. The highest BCUT2D eigenvalue weighted by molar-refractivity contribution is 7.20. The van der Waals surface area contributed by atoms with Crippen molar-refractivity contribution in [2.24, 2.45) is 0 Å². The minimum atomic E-state index is -1.19. The minimum Gasteiger partial charge on any atom is -0.321 e. The van der Waals surface area contributed by atoms with E-state index >= 15 is 0 Å². The Hall–Kier alpha value is -3.98. The number of rotatable bonds is 5. The van der Waals surface area contributed by atoms with Crippen LogP contribution in [0.15, 0.2) is 60.7 Å². The topological polar surface area (TPSA) is 105 Å². The number of amides is 4. The molecule has 1 aliphatic heterocycles. The number of anilines is 1. The van der Waals surface area contributed by atoms with E-state index in [4.69, 9.17) is 0 Å². The van der Waals surface area contributed by atoms with Gasteiger partial charge >= 0.3 is 6.03 Å². The van der Waals surface area contributed by atoms with Gasteiger partial charge in [0.05, 0.1) is 17.1 Å². The Labute approximate surface area is 193 Å². The van der Waals surface area contributed by atoms with Crippen LogP contribution in [-0.4, -0.2) is 27.6 Å². The maximum atomic E-state index is 13.0. The lowest BCUT2D eigenvalue weighted by Crippen LogP contribution is -2.40. The molecule has 1 fully saturated rings. The van der Waals surface area contributed by atoms with Crippen molar-refractivity contribution in [3.05, 3.63) is 82.4 Å². The molecule has 3 heterocycles. The Kier molecular flexibility index (Phi) is 4.98. The molecule has 1 atom stereocenters. The number of hydrogen-bond donors (Lipinski definition) is 3. The SMILES string of the molecule is Cc1nn(Cc2ccccc2)c2sc(C(=O)Nc3cccc(C4(C)NC(=O)NC4=O)c3)cc12. The van der Waals surface area contributed by atoms with Crippen molar-refractivity contribution in [3.63, 3.8) is 0 Å². The zero-order valence-electron chi connectivity index (χ0n) is 18.0. The van der Waals surface area contributed by atoms with Gasteiger partial charge in [-0.05, 0) is 43.2 Å². The number of hydrogen-bond acceptors (Lipinski definition) is 5. The third-order valence-electron chi connectivity index (χ3n) is 5.75. The van der Waals surface area contributed by atoms with Gasteiger partial charge in [0, 0.05) is 11.1 Å². The fourth-order valence-electron chi connectivity index (χ4n) is 3.94. The summed E-state index contributed by atoms with van der Waals surface area (Å²) in [5.41, 5.74) is 1.93. The lowest BCUT2D eigenvalue weighted by atomic mass is 9.92. The number of nitrogens with one attached hydrogen (secondary N) is 3. The molecule has 5 rings (SSSR count). The molecular formula is C24H21N5O3S. The van der Waals surface area contributed by atoms with Gasteiger partial charge in [-0.2, -0.15) is 5.10 Å².